The van der Waals surface area contributed by atoms with Crippen LogP contribution in [0.3, 0.4) is 0 Å². The summed E-state index contributed by atoms with van der Waals surface area (Å²) >= 11 is 0. The number of hydrogen-bond donors (Lipinski definition) is 0. The van der Waals surface area contributed by atoms with Gasteiger partial charge in [-0.1, -0.05) is 176 Å². The summed E-state index contributed by atoms with van der Waals surface area (Å²) in [5.74, 6) is 2.53. The minimum atomic E-state index is 0.623. The lowest BCUT2D eigenvalue weighted by Gasteiger charge is -2.12. The predicted molar refractivity (Wildman–Crippen MR) is 277 cm³/mol. The number of nitrogens with zero attached hydrogens (tertiary/aromatic N) is 7. The molecule has 0 spiro atoms. The van der Waals surface area contributed by atoms with Crippen LogP contribution < -0.4 is 0 Å². The van der Waals surface area contributed by atoms with Gasteiger partial charge in [-0.25, -0.2) is 24.9 Å². The average molecular weight is 870 g/mol. The van der Waals surface area contributed by atoms with Gasteiger partial charge in [0.1, 0.15) is 0 Å². The Morgan fingerprint density at radius 1 is 0.265 bits per heavy atom. The summed E-state index contributed by atoms with van der Waals surface area (Å²) in [4.78, 5) is 25.4. The van der Waals surface area contributed by atoms with Gasteiger partial charge in [-0.3, -0.25) is 4.57 Å². The fourth-order valence-electron chi connectivity index (χ4n) is 9.64. The number of para-hydroxylation sites is 2. The highest BCUT2D eigenvalue weighted by Gasteiger charge is 2.21. The predicted octanol–water partition coefficient (Wildman–Crippen LogP) is 14.9. The molecule has 7 heteroatoms. The van der Waals surface area contributed by atoms with E-state index in [9.17, 15) is 0 Å². The molecule has 318 valence electrons. The van der Waals surface area contributed by atoms with E-state index in [0.29, 0.717) is 23.4 Å². The van der Waals surface area contributed by atoms with E-state index in [4.69, 9.17) is 24.9 Å². The maximum absolute atomic E-state index is 5.25. The highest BCUT2D eigenvalue weighted by molar-refractivity contribution is 6.17. The minimum absolute atomic E-state index is 0.623. The van der Waals surface area contributed by atoms with Gasteiger partial charge in [0.25, 0.3) is 0 Å². The van der Waals surface area contributed by atoms with Crippen molar-refractivity contribution in [1.29, 1.82) is 0 Å². The molecule has 0 fully saturated rings. The largest absolute Gasteiger partial charge is 0.309 e. The Bertz CT molecular complexity index is 3880. The van der Waals surface area contributed by atoms with Crippen molar-refractivity contribution in [2.75, 3.05) is 0 Å². The van der Waals surface area contributed by atoms with Crippen molar-refractivity contribution in [3.05, 3.63) is 237 Å². The van der Waals surface area contributed by atoms with Crippen LogP contribution in [0.4, 0.5) is 0 Å². The lowest BCUT2D eigenvalue weighted by atomic mass is 9.98. The topological polar surface area (TPSA) is 74.3 Å². The molecule has 9 aromatic carbocycles. The van der Waals surface area contributed by atoms with E-state index in [-0.39, 0.29) is 0 Å². The molecule has 4 heterocycles. The van der Waals surface area contributed by atoms with E-state index in [2.05, 4.69) is 173 Å². The smallest absolute Gasteiger partial charge is 0.235 e. The van der Waals surface area contributed by atoms with E-state index in [1.165, 1.54) is 10.8 Å². The Morgan fingerprint density at radius 2 is 0.706 bits per heavy atom. The molecule has 0 atom stereocenters. The zero-order valence-electron chi connectivity index (χ0n) is 36.6. The Morgan fingerprint density at radius 3 is 1.28 bits per heavy atom. The van der Waals surface area contributed by atoms with Crippen LogP contribution >= 0.6 is 0 Å². The van der Waals surface area contributed by atoms with Gasteiger partial charge < -0.3 is 4.57 Å². The van der Waals surface area contributed by atoms with E-state index < -0.39 is 0 Å². The normalized spacial score (nSPS) is 11.5. The summed E-state index contributed by atoms with van der Waals surface area (Å²) in [6.45, 7) is 0. The van der Waals surface area contributed by atoms with Crippen molar-refractivity contribution < 1.29 is 0 Å². The Balaban J connectivity index is 0.939. The molecule has 0 bridgehead atoms. The Hall–Kier alpha value is -9.33. The van der Waals surface area contributed by atoms with Crippen LogP contribution in [-0.2, 0) is 0 Å². The average Bonchev–Trinajstić information content (AvgIpc) is 3.94. The summed E-state index contributed by atoms with van der Waals surface area (Å²) in [5.41, 5.74) is 14.3. The van der Waals surface area contributed by atoms with Crippen LogP contribution in [-0.4, -0.2) is 34.1 Å². The van der Waals surface area contributed by atoms with Gasteiger partial charge in [-0.05, 0) is 71.8 Å². The molecule has 0 saturated heterocycles. The molecule has 0 N–H and O–H groups in total. The first kappa shape index (κ1) is 39.1. The number of hydrogen-bond acceptors (Lipinski definition) is 5. The van der Waals surface area contributed by atoms with Gasteiger partial charge >= 0.3 is 0 Å². The first-order valence-corrected chi connectivity index (χ1v) is 22.8. The Labute approximate surface area is 392 Å². The van der Waals surface area contributed by atoms with Gasteiger partial charge in [-0.15, -0.1) is 0 Å². The first-order valence-electron chi connectivity index (χ1n) is 22.8. The second kappa shape index (κ2) is 16.3. The number of rotatable bonds is 8. The van der Waals surface area contributed by atoms with Crippen LogP contribution in [0.5, 0.6) is 0 Å². The first-order chi connectivity index (χ1) is 33.7. The molecule has 0 aliphatic carbocycles. The fraction of sp³-hybridized carbons (Fsp3) is 0. The molecule has 13 aromatic rings. The fourth-order valence-corrected chi connectivity index (χ4v) is 9.64. The highest BCUT2D eigenvalue weighted by atomic mass is 15.2. The van der Waals surface area contributed by atoms with Crippen LogP contribution in [0.1, 0.15) is 0 Å². The maximum Gasteiger partial charge on any atom is 0.235 e. The molecule has 0 aliphatic heterocycles. The maximum atomic E-state index is 5.25. The van der Waals surface area contributed by atoms with Crippen molar-refractivity contribution in [2.45, 2.75) is 0 Å². The SMILES string of the molecule is c1ccc(-c2cc(-c3ccccc3)nc(-n3c4ccccc4c4cc(-c5cccc6c5c5ccccc5n6-c5ccc(-c6nc(-c7ccccc7)nc(-c7ccccc7)n6)cc5)ccc43)n2)cc1. The van der Waals surface area contributed by atoms with Crippen LogP contribution in [0.15, 0.2) is 237 Å². The standard InChI is InChI=1S/C61H39N7/c1-5-18-40(19-6-1)51-39-52(41-20-7-2-8-21-41)63-61(62-51)68-53-29-15-13-26-48(53)50-38-45(34-37-55(50)68)47-28-17-31-56-57(47)49-27-14-16-30-54(49)67(56)46-35-32-44(33-36-46)60-65-58(42-22-9-3-10-23-42)64-59(66-60)43-24-11-4-12-25-43/h1-39H. The lowest BCUT2D eigenvalue weighted by Crippen LogP contribution is -2.03. The monoisotopic (exact) mass is 869 g/mol. The zero-order valence-corrected chi connectivity index (χ0v) is 36.6. The Kier molecular flexibility index (Phi) is 9.35. The highest BCUT2D eigenvalue weighted by Crippen LogP contribution is 2.41. The van der Waals surface area contributed by atoms with Gasteiger partial charge in [0.2, 0.25) is 5.95 Å². The third-order valence-electron chi connectivity index (χ3n) is 12.8. The quantitative estimate of drug-likeness (QED) is 0.152. The molecular weight excluding hydrogens is 831 g/mol. The zero-order chi connectivity index (χ0) is 45.0. The summed E-state index contributed by atoms with van der Waals surface area (Å²) in [6, 6.07) is 82.2. The number of fused-ring (bicyclic) bond motifs is 6. The second-order valence-corrected chi connectivity index (χ2v) is 16.9. The van der Waals surface area contributed by atoms with Gasteiger partial charge in [0.15, 0.2) is 17.5 Å². The van der Waals surface area contributed by atoms with Crippen molar-refractivity contribution in [3.8, 4) is 79.4 Å². The molecule has 13 rings (SSSR count). The molecule has 4 aromatic heterocycles. The van der Waals surface area contributed by atoms with Gasteiger partial charge in [-0.2, -0.15) is 0 Å². The van der Waals surface area contributed by atoms with Crippen LogP contribution in [0.2, 0.25) is 0 Å². The third-order valence-corrected chi connectivity index (χ3v) is 12.8. The number of benzene rings is 9. The van der Waals surface area contributed by atoms with E-state index in [1.54, 1.807) is 0 Å². The minimum Gasteiger partial charge on any atom is -0.309 e. The van der Waals surface area contributed by atoms with Gasteiger partial charge in [0, 0.05) is 55.0 Å². The molecular formula is C61H39N7. The van der Waals surface area contributed by atoms with E-state index in [0.717, 1.165) is 88.9 Å². The summed E-state index contributed by atoms with van der Waals surface area (Å²) in [6.07, 6.45) is 0. The summed E-state index contributed by atoms with van der Waals surface area (Å²) in [7, 11) is 0. The van der Waals surface area contributed by atoms with Crippen molar-refractivity contribution >= 4 is 43.6 Å². The molecule has 68 heavy (non-hydrogen) atoms. The van der Waals surface area contributed by atoms with E-state index in [1.807, 2.05) is 72.8 Å². The molecule has 0 aliphatic rings. The van der Waals surface area contributed by atoms with Crippen molar-refractivity contribution in [2.24, 2.45) is 0 Å². The lowest BCUT2D eigenvalue weighted by molar-refractivity contribution is 0.995. The van der Waals surface area contributed by atoms with Gasteiger partial charge in [0.05, 0.1) is 33.5 Å². The molecule has 0 amide bonds. The van der Waals surface area contributed by atoms with Crippen molar-refractivity contribution in [1.82, 2.24) is 34.1 Å². The molecule has 0 saturated carbocycles. The molecule has 7 nitrogen and oxygen atoms in total. The van der Waals surface area contributed by atoms with E-state index >= 15 is 0 Å². The van der Waals surface area contributed by atoms with Crippen LogP contribution in [0.25, 0.3) is 123 Å². The third kappa shape index (κ3) is 6.72. The molecule has 0 unspecified atom stereocenters. The van der Waals surface area contributed by atoms with Crippen LogP contribution in [0, 0.1) is 0 Å². The number of aromatic nitrogens is 7. The second-order valence-electron chi connectivity index (χ2n) is 16.9. The molecule has 0 radical (unpaired) electrons. The summed E-state index contributed by atoms with van der Waals surface area (Å²) < 4.78 is 4.58. The van der Waals surface area contributed by atoms with Crippen molar-refractivity contribution in [3.63, 3.8) is 0 Å². The summed E-state index contributed by atoms with van der Waals surface area (Å²) in [5, 5.41) is 4.65.